The Bertz CT molecular complexity index is 400. The van der Waals surface area contributed by atoms with Crippen molar-refractivity contribution in [2.24, 2.45) is 5.73 Å². The number of rotatable bonds is 5. The van der Waals surface area contributed by atoms with E-state index in [-0.39, 0.29) is 12.5 Å². The number of aliphatic carboxylic acids is 1. The van der Waals surface area contributed by atoms with Crippen molar-refractivity contribution in [3.05, 3.63) is 32.8 Å². The van der Waals surface area contributed by atoms with Crippen LogP contribution < -0.4 is 5.73 Å². The average molecular weight is 297 g/mol. The maximum Gasteiger partial charge on any atom is 0.303 e. The zero-order valence-corrected chi connectivity index (χ0v) is 11.2. The van der Waals surface area contributed by atoms with Crippen molar-refractivity contribution < 1.29 is 9.90 Å². The first-order chi connectivity index (χ1) is 7.91. The van der Waals surface area contributed by atoms with E-state index in [9.17, 15) is 4.79 Å². The van der Waals surface area contributed by atoms with Gasteiger partial charge < -0.3 is 10.8 Å². The van der Waals surface area contributed by atoms with Crippen LogP contribution in [0, 0.1) is 0 Å². The number of halogens is 3. The molecule has 0 saturated heterocycles. The smallest absolute Gasteiger partial charge is 0.303 e. The lowest BCUT2D eigenvalue weighted by Gasteiger charge is -2.15. The molecular formula is C11H12Cl3NO2. The van der Waals surface area contributed by atoms with Crippen LogP contribution in [0.3, 0.4) is 0 Å². The number of nitrogens with two attached hydrogens (primary N) is 1. The fourth-order valence-corrected chi connectivity index (χ4v) is 2.62. The Morgan fingerprint density at radius 2 is 1.82 bits per heavy atom. The fraction of sp³-hybridized carbons (Fsp3) is 0.364. The summed E-state index contributed by atoms with van der Waals surface area (Å²) in [5.41, 5.74) is 6.54. The maximum absolute atomic E-state index is 10.4. The summed E-state index contributed by atoms with van der Waals surface area (Å²) < 4.78 is 0. The van der Waals surface area contributed by atoms with Gasteiger partial charge in [0.1, 0.15) is 0 Å². The zero-order valence-electron chi connectivity index (χ0n) is 8.92. The molecule has 0 amide bonds. The quantitative estimate of drug-likeness (QED) is 0.866. The first-order valence-corrected chi connectivity index (χ1v) is 6.17. The van der Waals surface area contributed by atoms with Crippen molar-refractivity contribution in [1.82, 2.24) is 0 Å². The number of carboxylic acids is 1. The third kappa shape index (κ3) is 4.36. The molecule has 17 heavy (non-hydrogen) atoms. The van der Waals surface area contributed by atoms with E-state index in [1.807, 2.05) is 0 Å². The van der Waals surface area contributed by atoms with Gasteiger partial charge in [-0.15, -0.1) is 0 Å². The average Bonchev–Trinajstić information content (AvgIpc) is 2.14. The molecule has 0 radical (unpaired) electrons. The van der Waals surface area contributed by atoms with Gasteiger partial charge in [0.15, 0.2) is 0 Å². The molecule has 3 N–H and O–H groups in total. The van der Waals surface area contributed by atoms with Crippen molar-refractivity contribution in [1.29, 1.82) is 0 Å². The molecule has 0 bridgehead atoms. The predicted octanol–water partition coefficient (Wildman–Crippen LogP) is 3.90. The van der Waals surface area contributed by atoms with Gasteiger partial charge in [-0.2, -0.15) is 0 Å². The van der Waals surface area contributed by atoms with Gasteiger partial charge >= 0.3 is 5.97 Å². The summed E-state index contributed by atoms with van der Waals surface area (Å²) in [7, 11) is 0. The van der Waals surface area contributed by atoms with E-state index in [1.165, 1.54) is 0 Å². The molecule has 0 heterocycles. The second-order valence-electron chi connectivity index (χ2n) is 3.68. The molecule has 1 atom stereocenters. The van der Waals surface area contributed by atoms with Crippen LogP contribution in [0.15, 0.2) is 12.1 Å². The Morgan fingerprint density at radius 1 is 1.29 bits per heavy atom. The van der Waals surface area contributed by atoms with Crippen molar-refractivity contribution in [3.8, 4) is 0 Å². The maximum atomic E-state index is 10.4. The molecular weight excluding hydrogens is 284 g/mol. The second-order valence-corrected chi connectivity index (χ2v) is 4.93. The minimum atomic E-state index is -0.842. The highest BCUT2D eigenvalue weighted by atomic mass is 35.5. The van der Waals surface area contributed by atoms with Crippen LogP contribution in [0.5, 0.6) is 0 Å². The molecule has 0 saturated carbocycles. The van der Waals surface area contributed by atoms with E-state index < -0.39 is 5.97 Å². The van der Waals surface area contributed by atoms with Crippen molar-refractivity contribution in [2.75, 3.05) is 0 Å². The normalized spacial score (nSPS) is 12.5. The van der Waals surface area contributed by atoms with E-state index >= 15 is 0 Å². The lowest BCUT2D eigenvalue weighted by molar-refractivity contribution is -0.137. The first-order valence-electron chi connectivity index (χ1n) is 5.03. The van der Waals surface area contributed by atoms with Gasteiger partial charge in [0.2, 0.25) is 0 Å². The molecule has 1 aromatic carbocycles. The summed E-state index contributed by atoms with van der Waals surface area (Å²) in [6.45, 7) is 0. The number of hydrogen-bond donors (Lipinski definition) is 2. The summed E-state index contributed by atoms with van der Waals surface area (Å²) in [5.74, 6) is -0.842. The summed E-state index contributed by atoms with van der Waals surface area (Å²) in [5, 5.41) is 9.79. The highest BCUT2D eigenvalue weighted by Crippen LogP contribution is 2.34. The topological polar surface area (TPSA) is 63.3 Å². The third-order valence-electron chi connectivity index (χ3n) is 2.32. The van der Waals surface area contributed by atoms with Crippen molar-refractivity contribution in [3.63, 3.8) is 0 Å². The lowest BCUT2D eigenvalue weighted by atomic mass is 10.0. The van der Waals surface area contributed by atoms with Gasteiger partial charge in [-0.05, 0) is 25.0 Å². The Morgan fingerprint density at radius 3 is 2.29 bits per heavy atom. The second kappa shape index (κ2) is 6.45. The lowest BCUT2D eigenvalue weighted by Crippen LogP contribution is -2.12. The SMILES string of the molecule is NC(CCCC(=O)O)c1c(Cl)cc(Cl)cc1Cl. The molecule has 6 heteroatoms. The van der Waals surface area contributed by atoms with E-state index in [1.54, 1.807) is 12.1 Å². The Hall–Kier alpha value is -0.480. The molecule has 1 unspecified atom stereocenters. The van der Waals surface area contributed by atoms with E-state index in [4.69, 9.17) is 45.6 Å². The molecule has 0 aliphatic heterocycles. The highest BCUT2D eigenvalue weighted by Gasteiger charge is 2.15. The highest BCUT2D eigenvalue weighted by molar-refractivity contribution is 6.39. The van der Waals surface area contributed by atoms with Gasteiger partial charge in [-0.25, -0.2) is 0 Å². The largest absolute Gasteiger partial charge is 0.481 e. The van der Waals surface area contributed by atoms with E-state index in [2.05, 4.69) is 0 Å². The molecule has 94 valence electrons. The first kappa shape index (κ1) is 14.6. The number of benzene rings is 1. The van der Waals surface area contributed by atoms with Gasteiger partial charge in [-0.1, -0.05) is 34.8 Å². The summed E-state index contributed by atoms with van der Waals surface area (Å²) >= 11 is 17.8. The van der Waals surface area contributed by atoms with Gasteiger partial charge in [0.05, 0.1) is 0 Å². The number of hydrogen-bond acceptors (Lipinski definition) is 2. The summed E-state index contributed by atoms with van der Waals surface area (Å²) in [6, 6.07) is 2.76. The number of carbonyl (C=O) groups is 1. The fourth-order valence-electron chi connectivity index (χ4n) is 1.53. The molecule has 0 aliphatic rings. The summed E-state index contributed by atoms with van der Waals surface area (Å²) in [4.78, 5) is 10.4. The summed E-state index contributed by atoms with van der Waals surface area (Å²) in [6.07, 6.45) is 1.07. The van der Waals surface area contributed by atoms with Gasteiger partial charge in [0.25, 0.3) is 0 Å². The molecule has 0 aromatic heterocycles. The standard InChI is InChI=1S/C11H12Cl3NO2/c12-6-4-7(13)11(8(14)5-6)9(15)2-1-3-10(16)17/h4-5,9H,1-3,15H2,(H,16,17). The Balaban J connectivity index is 2.75. The van der Waals surface area contributed by atoms with Crippen molar-refractivity contribution in [2.45, 2.75) is 25.3 Å². The minimum absolute atomic E-state index is 0.0799. The Labute approximate surface area is 114 Å². The van der Waals surface area contributed by atoms with Crippen LogP contribution in [0.2, 0.25) is 15.1 Å². The van der Waals surface area contributed by atoms with E-state index in [0.29, 0.717) is 33.5 Å². The van der Waals surface area contributed by atoms with Crippen LogP contribution in [-0.2, 0) is 4.79 Å². The van der Waals surface area contributed by atoms with Gasteiger partial charge in [0, 0.05) is 33.1 Å². The van der Waals surface area contributed by atoms with E-state index in [0.717, 1.165) is 0 Å². The molecule has 0 aliphatic carbocycles. The van der Waals surface area contributed by atoms with Crippen LogP contribution in [-0.4, -0.2) is 11.1 Å². The zero-order chi connectivity index (χ0) is 13.0. The van der Waals surface area contributed by atoms with Crippen LogP contribution in [0.25, 0.3) is 0 Å². The molecule has 1 aromatic rings. The number of carboxylic acid groups (broad SMARTS) is 1. The van der Waals surface area contributed by atoms with Crippen LogP contribution in [0.1, 0.15) is 30.9 Å². The van der Waals surface area contributed by atoms with Crippen molar-refractivity contribution >= 4 is 40.8 Å². The monoisotopic (exact) mass is 295 g/mol. The predicted molar refractivity (Wildman–Crippen MR) is 69.9 cm³/mol. The minimum Gasteiger partial charge on any atom is -0.481 e. The third-order valence-corrected chi connectivity index (χ3v) is 3.16. The van der Waals surface area contributed by atoms with Crippen LogP contribution in [0.4, 0.5) is 0 Å². The molecule has 0 spiro atoms. The van der Waals surface area contributed by atoms with Crippen LogP contribution >= 0.6 is 34.8 Å². The molecule has 3 nitrogen and oxygen atoms in total. The Kier molecular flexibility index (Phi) is 5.53. The molecule has 0 fully saturated rings. The molecule has 1 rings (SSSR count). The van der Waals surface area contributed by atoms with Gasteiger partial charge in [-0.3, -0.25) is 4.79 Å².